The van der Waals surface area contributed by atoms with E-state index in [1.807, 2.05) is 0 Å². The third-order valence-corrected chi connectivity index (χ3v) is 11.4. The van der Waals surface area contributed by atoms with Crippen molar-refractivity contribution in [3.63, 3.8) is 0 Å². The maximum Gasteiger partial charge on any atom is 0.191 e. The quantitative estimate of drug-likeness (QED) is 0.0741. The Hall–Kier alpha value is -0.630. The van der Waals surface area contributed by atoms with Gasteiger partial charge in [-0.25, -0.2) is 9.98 Å². The molecule has 0 heterocycles. The molecule has 10 heteroatoms. The maximum absolute atomic E-state index is 6.67. The Morgan fingerprint density at radius 1 is 0.438 bits per heavy atom. The highest BCUT2D eigenvalue weighted by molar-refractivity contribution is 5.86. The Bertz CT molecular complexity index is 755. The first kappa shape index (κ1) is 45.4. The Kier molecular flexibility index (Phi) is 26.5. The second-order valence-corrected chi connectivity index (χ2v) is 15.1. The van der Waals surface area contributed by atoms with Gasteiger partial charge in [-0.3, -0.25) is 0 Å². The molecule has 0 radical (unpaired) electrons. The molecule has 4 aliphatic rings. The SMILES string of the molecule is Cl.Cl.Cl.NC(=NC1CCCCC1)N(CCCCCCNCCCCCCN(C(N)=NC1CCCCC1)C1CCCCC1)C1CCCCC1. The molecule has 0 saturated heterocycles. The number of guanidine groups is 2. The monoisotopic (exact) mass is 736 g/mol. The molecule has 0 spiro atoms. The molecule has 4 saturated carbocycles. The number of rotatable bonds is 18. The summed E-state index contributed by atoms with van der Waals surface area (Å²) in [5, 5.41) is 3.72. The lowest BCUT2D eigenvalue weighted by molar-refractivity contribution is 0.235. The van der Waals surface area contributed by atoms with E-state index in [0.717, 1.165) is 38.1 Å². The molecule has 0 aromatic heterocycles. The van der Waals surface area contributed by atoms with E-state index < -0.39 is 0 Å². The molecule has 48 heavy (non-hydrogen) atoms. The van der Waals surface area contributed by atoms with E-state index in [4.69, 9.17) is 21.5 Å². The predicted octanol–water partition coefficient (Wildman–Crippen LogP) is 9.53. The summed E-state index contributed by atoms with van der Waals surface area (Å²) in [5.41, 5.74) is 13.3. The molecule has 0 bridgehead atoms. The van der Waals surface area contributed by atoms with Gasteiger partial charge in [0.25, 0.3) is 0 Å². The predicted molar refractivity (Wildman–Crippen MR) is 216 cm³/mol. The molecular formula is C38H76Cl3N7. The van der Waals surface area contributed by atoms with Crippen molar-refractivity contribution in [1.29, 1.82) is 0 Å². The topological polar surface area (TPSA) is 95.3 Å². The van der Waals surface area contributed by atoms with Crippen LogP contribution in [0.1, 0.15) is 180 Å². The highest BCUT2D eigenvalue weighted by Crippen LogP contribution is 2.26. The number of unbranched alkanes of at least 4 members (excludes halogenated alkanes) is 6. The van der Waals surface area contributed by atoms with Crippen molar-refractivity contribution >= 4 is 49.1 Å². The molecule has 0 aromatic carbocycles. The summed E-state index contributed by atoms with van der Waals surface area (Å²) in [4.78, 5) is 15.1. The van der Waals surface area contributed by atoms with Gasteiger partial charge in [-0.2, -0.15) is 0 Å². The lowest BCUT2D eigenvalue weighted by Gasteiger charge is -2.36. The van der Waals surface area contributed by atoms with Crippen LogP contribution in [0.3, 0.4) is 0 Å². The van der Waals surface area contributed by atoms with Crippen molar-refractivity contribution in [3.05, 3.63) is 0 Å². The van der Waals surface area contributed by atoms with Crippen molar-refractivity contribution in [2.45, 2.75) is 204 Å². The fraction of sp³-hybridized carbons (Fsp3) is 0.947. The Morgan fingerprint density at radius 3 is 1.10 bits per heavy atom. The van der Waals surface area contributed by atoms with Gasteiger partial charge in [-0.15, -0.1) is 37.2 Å². The van der Waals surface area contributed by atoms with Gasteiger partial charge in [0.05, 0.1) is 12.1 Å². The molecule has 5 N–H and O–H groups in total. The summed E-state index contributed by atoms with van der Waals surface area (Å²) in [6.07, 6.45) is 36.6. The molecule has 7 nitrogen and oxygen atoms in total. The number of hydrogen-bond donors (Lipinski definition) is 3. The van der Waals surface area contributed by atoms with E-state index >= 15 is 0 Å². The van der Waals surface area contributed by atoms with Crippen molar-refractivity contribution in [3.8, 4) is 0 Å². The zero-order valence-corrected chi connectivity index (χ0v) is 33.1. The first-order chi connectivity index (χ1) is 22.2. The second kappa shape index (κ2) is 28.0. The Labute approximate surface area is 314 Å². The lowest BCUT2D eigenvalue weighted by atomic mass is 9.94. The van der Waals surface area contributed by atoms with Gasteiger partial charge in [0.15, 0.2) is 11.9 Å². The highest BCUT2D eigenvalue weighted by atomic mass is 35.5. The van der Waals surface area contributed by atoms with Gasteiger partial charge in [-0.05, 0) is 90.1 Å². The lowest BCUT2D eigenvalue weighted by Crippen LogP contribution is -2.46. The van der Waals surface area contributed by atoms with Crippen molar-refractivity contribution < 1.29 is 0 Å². The molecule has 4 aliphatic carbocycles. The van der Waals surface area contributed by atoms with E-state index in [1.54, 1.807) is 0 Å². The van der Waals surface area contributed by atoms with Crippen LogP contribution in [0.5, 0.6) is 0 Å². The van der Waals surface area contributed by atoms with E-state index in [0.29, 0.717) is 24.2 Å². The molecule has 0 amide bonds. The number of halogens is 3. The van der Waals surface area contributed by atoms with Crippen LogP contribution >= 0.6 is 37.2 Å². The standard InChI is InChI=1S/C38H73N7.3ClH/c39-37(42-33-21-9-5-10-22-33)44(35-25-13-7-14-26-35)31-19-3-1-17-29-41-30-18-2-4-20-32-45(36-27-15-8-16-28-36)38(40)43-34-23-11-6-12-24-34;;;/h33-36,41H,1-32H2,(H2,39,42)(H2,40,43);3*1H. The summed E-state index contributed by atoms with van der Waals surface area (Å²) in [6, 6.07) is 2.18. The maximum atomic E-state index is 6.67. The summed E-state index contributed by atoms with van der Waals surface area (Å²) in [7, 11) is 0. The largest absolute Gasteiger partial charge is 0.370 e. The average molecular weight is 737 g/mol. The van der Waals surface area contributed by atoms with Gasteiger partial charge in [0, 0.05) is 25.2 Å². The third kappa shape index (κ3) is 17.5. The normalized spacial score (nSPS) is 20.8. The van der Waals surface area contributed by atoms with Crippen LogP contribution in [0.25, 0.3) is 0 Å². The first-order valence-corrected chi connectivity index (χ1v) is 20.1. The molecule has 4 rings (SSSR count). The number of nitrogens with one attached hydrogen (secondary N) is 1. The average Bonchev–Trinajstić information content (AvgIpc) is 3.08. The zero-order chi connectivity index (χ0) is 31.4. The van der Waals surface area contributed by atoms with E-state index in [-0.39, 0.29) is 37.2 Å². The van der Waals surface area contributed by atoms with Crippen LogP contribution in [-0.2, 0) is 0 Å². The third-order valence-electron chi connectivity index (χ3n) is 11.4. The first-order valence-electron chi connectivity index (χ1n) is 20.1. The van der Waals surface area contributed by atoms with Gasteiger partial charge in [0.1, 0.15) is 0 Å². The summed E-state index contributed by atoms with van der Waals surface area (Å²) < 4.78 is 0. The van der Waals surface area contributed by atoms with Gasteiger partial charge in [0.2, 0.25) is 0 Å². The van der Waals surface area contributed by atoms with Crippen LogP contribution in [0.4, 0.5) is 0 Å². The van der Waals surface area contributed by atoms with E-state index in [2.05, 4.69) is 15.1 Å². The van der Waals surface area contributed by atoms with Crippen LogP contribution in [0, 0.1) is 0 Å². The van der Waals surface area contributed by atoms with Crippen molar-refractivity contribution in [2.75, 3.05) is 26.2 Å². The van der Waals surface area contributed by atoms with Crippen molar-refractivity contribution in [2.24, 2.45) is 21.5 Å². The number of nitrogens with two attached hydrogens (primary N) is 2. The minimum atomic E-state index is 0. The van der Waals surface area contributed by atoms with Crippen LogP contribution < -0.4 is 16.8 Å². The minimum absolute atomic E-state index is 0. The zero-order valence-electron chi connectivity index (χ0n) is 30.6. The molecule has 4 fully saturated rings. The van der Waals surface area contributed by atoms with Gasteiger partial charge >= 0.3 is 0 Å². The number of hydrogen-bond acceptors (Lipinski definition) is 3. The molecule has 284 valence electrons. The fourth-order valence-corrected chi connectivity index (χ4v) is 8.59. The van der Waals surface area contributed by atoms with Crippen molar-refractivity contribution in [1.82, 2.24) is 15.1 Å². The smallest absolute Gasteiger partial charge is 0.191 e. The Balaban J connectivity index is 0.00000384. The fourth-order valence-electron chi connectivity index (χ4n) is 8.59. The number of nitrogens with zero attached hydrogens (tertiary/aromatic N) is 4. The second-order valence-electron chi connectivity index (χ2n) is 15.1. The molecule has 0 unspecified atom stereocenters. The minimum Gasteiger partial charge on any atom is -0.370 e. The molecule has 0 aromatic rings. The molecular weight excluding hydrogens is 661 g/mol. The summed E-state index contributed by atoms with van der Waals surface area (Å²) in [6.45, 7) is 4.50. The highest BCUT2D eigenvalue weighted by Gasteiger charge is 2.25. The molecule has 0 atom stereocenters. The molecule has 0 aliphatic heterocycles. The van der Waals surface area contributed by atoms with Crippen LogP contribution in [0.2, 0.25) is 0 Å². The van der Waals surface area contributed by atoms with Crippen LogP contribution in [-0.4, -0.2) is 72.1 Å². The summed E-state index contributed by atoms with van der Waals surface area (Å²) in [5.74, 6) is 1.71. The van der Waals surface area contributed by atoms with Gasteiger partial charge < -0.3 is 26.6 Å². The van der Waals surface area contributed by atoms with Crippen LogP contribution in [0.15, 0.2) is 9.98 Å². The van der Waals surface area contributed by atoms with E-state index in [1.165, 1.54) is 180 Å². The summed E-state index contributed by atoms with van der Waals surface area (Å²) >= 11 is 0. The van der Waals surface area contributed by atoms with E-state index in [9.17, 15) is 0 Å². The number of aliphatic imine (C=N–C) groups is 2. The van der Waals surface area contributed by atoms with Gasteiger partial charge in [-0.1, -0.05) is 103 Å². The Morgan fingerprint density at radius 2 is 0.750 bits per heavy atom.